The predicted molar refractivity (Wildman–Crippen MR) is 94.4 cm³/mol. The minimum atomic E-state index is -0.527. The number of methoxy groups -OCH3 is 3. The molecule has 1 aromatic carbocycles. The van der Waals surface area contributed by atoms with Gasteiger partial charge in [0.15, 0.2) is 11.5 Å². The van der Waals surface area contributed by atoms with Gasteiger partial charge in [-0.1, -0.05) is 6.07 Å². The first-order chi connectivity index (χ1) is 12.5. The molecule has 8 nitrogen and oxygen atoms in total. The van der Waals surface area contributed by atoms with Crippen molar-refractivity contribution >= 4 is 11.9 Å². The van der Waals surface area contributed by atoms with E-state index in [4.69, 9.17) is 14.7 Å². The zero-order valence-electron chi connectivity index (χ0n) is 15.3. The predicted octanol–water partition coefficient (Wildman–Crippen LogP) is 1.44. The van der Waals surface area contributed by atoms with E-state index in [0.29, 0.717) is 11.5 Å². The van der Waals surface area contributed by atoms with Crippen molar-refractivity contribution in [2.24, 2.45) is 0 Å². The summed E-state index contributed by atoms with van der Waals surface area (Å²) in [6.07, 6.45) is 1.41. The molecule has 140 valence electrons. The van der Waals surface area contributed by atoms with E-state index in [1.54, 1.807) is 32.2 Å². The summed E-state index contributed by atoms with van der Waals surface area (Å²) in [5.74, 6) is 0.227. The molecule has 0 radical (unpaired) electrons. The molecule has 26 heavy (non-hydrogen) atoms. The van der Waals surface area contributed by atoms with Crippen LogP contribution in [0.2, 0.25) is 0 Å². The lowest BCUT2D eigenvalue weighted by Gasteiger charge is -2.16. The van der Waals surface area contributed by atoms with E-state index in [9.17, 15) is 9.59 Å². The van der Waals surface area contributed by atoms with E-state index in [1.165, 1.54) is 20.4 Å². The van der Waals surface area contributed by atoms with Crippen molar-refractivity contribution in [3.05, 3.63) is 35.5 Å². The van der Waals surface area contributed by atoms with Crippen LogP contribution in [0.1, 0.15) is 24.9 Å². The maximum atomic E-state index is 12.2. The van der Waals surface area contributed by atoms with Crippen molar-refractivity contribution in [3.8, 4) is 17.6 Å². The topological polar surface area (TPSA) is 110 Å². The zero-order valence-corrected chi connectivity index (χ0v) is 15.3. The molecule has 0 aliphatic heterocycles. The fraction of sp³-hybridized carbons (Fsp3) is 0.389. The van der Waals surface area contributed by atoms with E-state index in [-0.39, 0.29) is 30.5 Å². The summed E-state index contributed by atoms with van der Waals surface area (Å²) in [5.41, 5.74) is 0.703. The van der Waals surface area contributed by atoms with E-state index in [2.05, 4.69) is 15.4 Å². The van der Waals surface area contributed by atoms with Crippen LogP contribution in [-0.4, -0.2) is 39.8 Å². The number of rotatable bonds is 9. The minimum Gasteiger partial charge on any atom is -0.493 e. The molecule has 0 spiro atoms. The van der Waals surface area contributed by atoms with Crippen LogP contribution in [-0.2, 0) is 14.3 Å². The van der Waals surface area contributed by atoms with Gasteiger partial charge >= 0.3 is 5.97 Å². The standard InChI is InChI=1S/C18H23N3O5/c1-12(13-5-6-15(24-2)16(9-13)25-3)21-18(23)14(10-19)11-20-8-7-17(22)26-4/h5-6,9,11-12,20H,7-8H2,1-4H3,(H,21,23)/b14-11-. The molecule has 1 rings (SSSR count). The normalized spacial score (nSPS) is 11.7. The third-order valence-corrected chi connectivity index (χ3v) is 3.57. The van der Waals surface area contributed by atoms with Crippen molar-refractivity contribution in [1.29, 1.82) is 5.26 Å². The highest BCUT2D eigenvalue weighted by Gasteiger charge is 2.15. The lowest BCUT2D eigenvalue weighted by atomic mass is 10.1. The summed E-state index contributed by atoms with van der Waals surface area (Å²) in [5, 5.41) is 14.6. The average molecular weight is 361 g/mol. The first-order valence-electron chi connectivity index (χ1n) is 7.90. The van der Waals surface area contributed by atoms with Crippen LogP contribution < -0.4 is 20.1 Å². The van der Waals surface area contributed by atoms with E-state index >= 15 is 0 Å². The first kappa shape index (κ1) is 20.8. The van der Waals surface area contributed by atoms with Crippen LogP contribution >= 0.6 is 0 Å². The summed E-state index contributed by atoms with van der Waals surface area (Å²) in [7, 11) is 4.36. The molecular weight excluding hydrogens is 338 g/mol. The third kappa shape index (κ3) is 6.02. The number of carbonyl (C=O) groups is 2. The number of ether oxygens (including phenoxy) is 3. The molecule has 0 saturated heterocycles. The number of nitrogens with one attached hydrogen (secondary N) is 2. The maximum Gasteiger partial charge on any atom is 0.307 e. The molecule has 0 saturated carbocycles. The number of benzene rings is 1. The molecular formula is C18H23N3O5. The highest BCUT2D eigenvalue weighted by atomic mass is 16.5. The third-order valence-electron chi connectivity index (χ3n) is 3.57. The molecule has 0 bridgehead atoms. The Kier molecular flexibility index (Phi) is 8.50. The highest BCUT2D eigenvalue weighted by molar-refractivity contribution is 5.97. The van der Waals surface area contributed by atoms with Gasteiger partial charge in [-0.15, -0.1) is 0 Å². The van der Waals surface area contributed by atoms with Crippen molar-refractivity contribution in [2.75, 3.05) is 27.9 Å². The van der Waals surface area contributed by atoms with Crippen LogP contribution in [0.25, 0.3) is 0 Å². The Morgan fingerprint density at radius 2 is 1.92 bits per heavy atom. The van der Waals surface area contributed by atoms with Crippen molar-refractivity contribution in [3.63, 3.8) is 0 Å². The molecule has 0 aromatic heterocycles. The largest absolute Gasteiger partial charge is 0.493 e. The number of nitrogens with zero attached hydrogens (tertiary/aromatic N) is 1. The number of amides is 1. The Bertz CT molecular complexity index is 709. The van der Waals surface area contributed by atoms with E-state index < -0.39 is 5.91 Å². The zero-order chi connectivity index (χ0) is 19.5. The summed E-state index contributed by atoms with van der Waals surface area (Å²) >= 11 is 0. The highest BCUT2D eigenvalue weighted by Crippen LogP contribution is 2.29. The molecule has 2 N–H and O–H groups in total. The summed E-state index contributed by atoms with van der Waals surface area (Å²) in [6, 6.07) is 6.78. The van der Waals surface area contributed by atoms with Gasteiger partial charge in [-0.25, -0.2) is 0 Å². The van der Waals surface area contributed by atoms with Crippen molar-refractivity contribution in [2.45, 2.75) is 19.4 Å². The second kappa shape index (κ2) is 10.6. The van der Waals surface area contributed by atoms with Crippen LogP contribution in [0, 0.1) is 11.3 Å². The molecule has 8 heteroatoms. The second-order valence-electron chi connectivity index (χ2n) is 5.26. The van der Waals surface area contributed by atoms with Gasteiger partial charge in [-0.05, 0) is 24.6 Å². The molecule has 1 aromatic rings. The lowest BCUT2D eigenvalue weighted by Crippen LogP contribution is -2.28. The van der Waals surface area contributed by atoms with Crippen LogP contribution in [0.3, 0.4) is 0 Å². The number of esters is 1. The number of hydrogen-bond donors (Lipinski definition) is 2. The van der Waals surface area contributed by atoms with Gasteiger partial charge in [0.25, 0.3) is 5.91 Å². The van der Waals surface area contributed by atoms with Gasteiger partial charge in [0.1, 0.15) is 11.6 Å². The average Bonchev–Trinajstić information content (AvgIpc) is 2.66. The SMILES string of the molecule is COC(=O)CCN/C=C(/C#N)C(=O)NC(C)c1ccc(OC)c(OC)c1. The molecule has 1 unspecified atom stereocenters. The number of nitriles is 1. The van der Waals surface area contributed by atoms with Gasteiger partial charge < -0.3 is 24.8 Å². The Morgan fingerprint density at radius 3 is 2.50 bits per heavy atom. The fourth-order valence-corrected chi connectivity index (χ4v) is 2.08. The van der Waals surface area contributed by atoms with Gasteiger partial charge in [0.05, 0.1) is 33.8 Å². The van der Waals surface area contributed by atoms with Gasteiger partial charge in [-0.3, -0.25) is 9.59 Å². The Hall–Kier alpha value is -3.21. The molecule has 0 aliphatic carbocycles. The quantitative estimate of drug-likeness (QED) is 0.296. The van der Waals surface area contributed by atoms with Crippen LogP contribution in [0.4, 0.5) is 0 Å². The maximum absolute atomic E-state index is 12.2. The monoisotopic (exact) mass is 361 g/mol. The van der Waals surface area contributed by atoms with Gasteiger partial charge in [0, 0.05) is 12.7 Å². The Balaban J connectivity index is 2.72. The number of carbonyl (C=O) groups excluding carboxylic acids is 2. The Morgan fingerprint density at radius 1 is 1.23 bits per heavy atom. The summed E-state index contributed by atoms with van der Waals surface area (Å²) in [6.45, 7) is 2.05. The van der Waals surface area contributed by atoms with Gasteiger partial charge in [0.2, 0.25) is 0 Å². The van der Waals surface area contributed by atoms with Crippen molar-refractivity contribution < 1.29 is 23.8 Å². The first-order valence-corrected chi connectivity index (χ1v) is 7.90. The molecule has 0 fully saturated rings. The molecule has 0 aliphatic rings. The summed E-state index contributed by atoms with van der Waals surface area (Å²) < 4.78 is 14.9. The lowest BCUT2D eigenvalue weighted by molar-refractivity contribution is -0.140. The molecule has 1 atom stereocenters. The van der Waals surface area contributed by atoms with E-state index in [0.717, 1.165) is 5.56 Å². The van der Waals surface area contributed by atoms with E-state index in [1.807, 2.05) is 6.07 Å². The van der Waals surface area contributed by atoms with Crippen LogP contribution in [0.5, 0.6) is 11.5 Å². The van der Waals surface area contributed by atoms with Crippen LogP contribution in [0.15, 0.2) is 30.0 Å². The molecule has 1 amide bonds. The van der Waals surface area contributed by atoms with Gasteiger partial charge in [-0.2, -0.15) is 5.26 Å². The molecule has 0 heterocycles. The minimum absolute atomic E-state index is 0.0952. The smallest absolute Gasteiger partial charge is 0.307 e. The fourth-order valence-electron chi connectivity index (χ4n) is 2.08. The Labute approximate surface area is 152 Å². The van der Waals surface area contributed by atoms with Crippen molar-refractivity contribution in [1.82, 2.24) is 10.6 Å². The number of hydrogen-bond acceptors (Lipinski definition) is 7. The summed E-state index contributed by atoms with van der Waals surface area (Å²) in [4.78, 5) is 23.2. The second-order valence-corrected chi connectivity index (χ2v) is 5.26.